The second-order valence-electron chi connectivity index (χ2n) is 5.87. The minimum Gasteiger partial charge on any atom is -0.493 e. The fraction of sp³-hybridized carbons (Fsp3) is 0.0870. The second-order valence-corrected chi connectivity index (χ2v) is 6.31. The van der Waals surface area contributed by atoms with Crippen LogP contribution in [0.1, 0.15) is 11.1 Å². The van der Waals surface area contributed by atoms with Crippen LogP contribution >= 0.6 is 11.6 Å². The van der Waals surface area contributed by atoms with Crippen LogP contribution in [-0.4, -0.2) is 19.7 Å². The van der Waals surface area contributed by atoms with Gasteiger partial charge in [-0.1, -0.05) is 66.2 Å². The summed E-state index contributed by atoms with van der Waals surface area (Å²) < 4.78 is 16.1. The highest BCUT2D eigenvalue weighted by molar-refractivity contribution is 6.30. The number of ether oxygens (including phenoxy) is 3. The molecule has 3 aromatic carbocycles. The number of hydrogen-bond donors (Lipinski definition) is 0. The maximum Gasteiger partial charge on any atom is 0.349 e. The Morgan fingerprint density at radius 2 is 1.68 bits per heavy atom. The molecule has 0 saturated heterocycles. The molecule has 28 heavy (non-hydrogen) atoms. The molecule has 4 nitrogen and oxygen atoms in total. The van der Waals surface area contributed by atoms with Crippen molar-refractivity contribution in [2.45, 2.75) is 0 Å². The Morgan fingerprint density at radius 3 is 2.43 bits per heavy atom. The predicted molar refractivity (Wildman–Crippen MR) is 111 cm³/mol. The molecule has 0 fully saturated rings. The molecule has 3 rings (SSSR count). The maximum absolute atomic E-state index is 12.1. The molecule has 0 aliphatic heterocycles. The number of hydrogen-bond acceptors (Lipinski definition) is 4. The number of halogens is 1. The van der Waals surface area contributed by atoms with Gasteiger partial charge >= 0.3 is 5.97 Å². The summed E-state index contributed by atoms with van der Waals surface area (Å²) in [6.45, 7) is -0.237. The first-order chi connectivity index (χ1) is 13.6. The van der Waals surface area contributed by atoms with E-state index >= 15 is 0 Å². The molecule has 0 saturated carbocycles. The van der Waals surface area contributed by atoms with Crippen molar-refractivity contribution in [3.05, 3.63) is 88.9 Å². The van der Waals surface area contributed by atoms with Gasteiger partial charge in [-0.05, 0) is 41.5 Å². The van der Waals surface area contributed by atoms with Gasteiger partial charge < -0.3 is 14.2 Å². The summed E-state index contributed by atoms with van der Waals surface area (Å²) >= 11 is 5.89. The Kier molecular flexibility index (Phi) is 6.71. The zero-order valence-corrected chi connectivity index (χ0v) is 16.1. The molecule has 0 aromatic heterocycles. The van der Waals surface area contributed by atoms with Gasteiger partial charge in [-0.25, -0.2) is 4.79 Å². The molecule has 0 spiro atoms. The Balaban J connectivity index is 1.63. The van der Waals surface area contributed by atoms with Gasteiger partial charge in [-0.3, -0.25) is 0 Å². The number of carbonyl (C=O) groups excluding carboxylic acids is 1. The van der Waals surface area contributed by atoms with Crippen molar-refractivity contribution in [3.63, 3.8) is 0 Å². The summed E-state index contributed by atoms with van der Waals surface area (Å²) in [6.07, 6.45) is 3.96. The van der Waals surface area contributed by atoms with Crippen molar-refractivity contribution >= 4 is 29.7 Å². The van der Waals surface area contributed by atoms with Gasteiger partial charge in [0.15, 0.2) is 18.1 Å². The Hall–Kier alpha value is -3.24. The Morgan fingerprint density at radius 1 is 0.893 bits per heavy atom. The molecule has 0 unspecified atom stereocenters. The lowest BCUT2D eigenvalue weighted by molar-refractivity contribution is -0.136. The van der Waals surface area contributed by atoms with E-state index in [0.717, 1.165) is 11.1 Å². The van der Waals surface area contributed by atoms with E-state index in [1.54, 1.807) is 36.4 Å². The largest absolute Gasteiger partial charge is 0.493 e. The number of carbonyl (C=O) groups is 1. The SMILES string of the molecule is COc1cc(C=Cc2ccccc2)ccc1OC(=O)COc1cccc(Cl)c1. The first-order valence-corrected chi connectivity index (χ1v) is 9.02. The molecule has 0 aliphatic carbocycles. The predicted octanol–water partition coefficient (Wildman–Crippen LogP) is 5.50. The molecule has 3 aromatic rings. The van der Waals surface area contributed by atoms with E-state index in [-0.39, 0.29) is 6.61 Å². The second kappa shape index (κ2) is 9.62. The average molecular weight is 395 g/mol. The van der Waals surface area contributed by atoms with Gasteiger partial charge in [-0.15, -0.1) is 0 Å². The summed E-state index contributed by atoms with van der Waals surface area (Å²) in [5.74, 6) is 0.758. The third-order valence-electron chi connectivity index (χ3n) is 3.83. The summed E-state index contributed by atoms with van der Waals surface area (Å²) in [5.41, 5.74) is 2.02. The van der Waals surface area contributed by atoms with E-state index in [2.05, 4.69) is 0 Å². The van der Waals surface area contributed by atoms with Crippen LogP contribution in [0.4, 0.5) is 0 Å². The van der Waals surface area contributed by atoms with Crippen molar-refractivity contribution < 1.29 is 19.0 Å². The normalized spacial score (nSPS) is 10.6. The van der Waals surface area contributed by atoms with E-state index < -0.39 is 5.97 Å². The van der Waals surface area contributed by atoms with Crippen molar-refractivity contribution in [3.8, 4) is 17.2 Å². The van der Waals surface area contributed by atoms with E-state index in [9.17, 15) is 4.79 Å². The van der Waals surface area contributed by atoms with Crippen molar-refractivity contribution in [2.24, 2.45) is 0 Å². The average Bonchev–Trinajstić information content (AvgIpc) is 2.72. The molecule has 5 heteroatoms. The third-order valence-corrected chi connectivity index (χ3v) is 4.07. The van der Waals surface area contributed by atoms with Crippen LogP contribution in [0.2, 0.25) is 5.02 Å². The van der Waals surface area contributed by atoms with Crippen molar-refractivity contribution in [2.75, 3.05) is 13.7 Å². The number of benzene rings is 3. The zero-order valence-electron chi connectivity index (χ0n) is 15.3. The standard InChI is InChI=1S/C23H19ClO4/c1-26-22-14-18(11-10-17-6-3-2-4-7-17)12-13-21(22)28-23(25)16-27-20-9-5-8-19(24)15-20/h2-15H,16H2,1H3. The Bertz CT molecular complexity index is 967. The maximum atomic E-state index is 12.1. The molecular weight excluding hydrogens is 376 g/mol. The summed E-state index contributed by atoms with van der Waals surface area (Å²) in [4.78, 5) is 12.1. The quantitative estimate of drug-likeness (QED) is 0.301. The monoisotopic (exact) mass is 394 g/mol. The topological polar surface area (TPSA) is 44.8 Å². The van der Waals surface area contributed by atoms with Crippen LogP contribution in [-0.2, 0) is 4.79 Å². The van der Waals surface area contributed by atoms with Crippen LogP contribution in [0.3, 0.4) is 0 Å². The van der Waals surface area contributed by atoms with Crippen LogP contribution < -0.4 is 14.2 Å². The van der Waals surface area contributed by atoms with Crippen LogP contribution in [0.5, 0.6) is 17.2 Å². The first kappa shape index (κ1) is 19.5. The van der Waals surface area contributed by atoms with Crippen LogP contribution in [0, 0.1) is 0 Å². The van der Waals surface area contributed by atoms with E-state index in [0.29, 0.717) is 22.3 Å². The molecule has 0 radical (unpaired) electrons. The lowest BCUT2D eigenvalue weighted by atomic mass is 10.1. The number of rotatable bonds is 7. The van der Waals surface area contributed by atoms with Gasteiger partial charge in [0.05, 0.1) is 7.11 Å². The highest BCUT2D eigenvalue weighted by Crippen LogP contribution is 2.29. The van der Waals surface area contributed by atoms with Crippen molar-refractivity contribution in [1.29, 1.82) is 0 Å². The van der Waals surface area contributed by atoms with Gasteiger partial charge in [0.25, 0.3) is 0 Å². The highest BCUT2D eigenvalue weighted by atomic mass is 35.5. The van der Waals surface area contributed by atoms with Crippen LogP contribution in [0.25, 0.3) is 12.2 Å². The molecule has 142 valence electrons. The minimum absolute atomic E-state index is 0.237. The third kappa shape index (κ3) is 5.63. The van der Waals surface area contributed by atoms with Gasteiger partial charge in [0.1, 0.15) is 5.75 Å². The summed E-state index contributed by atoms with van der Waals surface area (Å²) in [5, 5.41) is 0.534. The summed E-state index contributed by atoms with van der Waals surface area (Å²) in [6, 6.07) is 22.1. The molecule has 0 aliphatic rings. The smallest absolute Gasteiger partial charge is 0.349 e. The molecule has 0 bridgehead atoms. The summed E-state index contributed by atoms with van der Waals surface area (Å²) in [7, 11) is 1.53. The molecule has 0 amide bonds. The minimum atomic E-state index is -0.536. The molecular formula is C23H19ClO4. The number of esters is 1. The van der Waals surface area contributed by atoms with Crippen LogP contribution in [0.15, 0.2) is 72.8 Å². The number of methoxy groups -OCH3 is 1. The molecule has 0 heterocycles. The fourth-order valence-corrected chi connectivity index (χ4v) is 2.66. The molecule has 0 N–H and O–H groups in total. The van der Waals surface area contributed by atoms with E-state index in [4.69, 9.17) is 25.8 Å². The van der Waals surface area contributed by atoms with Crippen molar-refractivity contribution in [1.82, 2.24) is 0 Å². The first-order valence-electron chi connectivity index (χ1n) is 8.64. The van der Waals surface area contributed by atoms with Gasteiger partial charge in [0, 0.05) is 5.02 Å². The van der Waals surface area contributed by atoms with E-state index in [1.165, 1.54) is 7.11 Å². The lowest BCUT2D eigenvalue weighted by Gasteiger charge is -2.11. The highest BCUT2D eigenvalue weighted by Gasteiger charge is 2.11. The van der Waals surface area contributed by atoms with E-state index in [1.807, 2.05) is 48.6 Å². The Labute approximate surface area is 168 Å². The molecule has 0 atom stereocenters. The van der Waals surface area contributed by atoms with Gasteiger partial charge in [0.2, 0.25) is 0 Å². The zero-order chi connectivity index (χ0) is 19.8. The van der Waals surface area contributed by atoms with Gasteiger partial charge in [-0.2, -0.15) is 0 Å². The lowest BCUT2D eigenvalue weighted by Crippen LogP contribution is -2.18. The fourth-order valence-electron chi connectivity index (χ4n) is 2.48.